The minimum Gasteiger partial charge on any atom is -0.459 e. The Bertz CT molecular complexity index is 360. The maximum atomic E-state index is 11.6. The van der Waals surface area contributed by atoms with Gasteiger partial charge in [0.05, 0.1) is 6.26 Å². The van der Waals surface area contributed by atoms with E-state index in [4.69, 9.17) is 10.2 Å². The summed E-state index contributed by atoms with van der Waals surface area (Å²) in [7, 11) is 0. The normalized spacial score (nSPS) is 20.3. The van der Waals surface area contributed by atoms with Crippen molar-refractivity contribution in [3.05, 3.63) is 24.2 Å². The van der Waals surface area contributed by atoms with Crippen molar-refractivity contribution >= 4 is 12.2 Å². The largest absolute Gasteiger partial charge is 0.459 e. The third kappa shape index (κ3) is 2.16. The Morgan fingerprint density at radius 3 is 3.27 bits per heavy atom. The summed E-state index contributed by atoms with van der Waals surface area (Å²) in [6.45, 7) is 0.689. The first-order valence-electron chi connectivity index (χ1n) is 4.66. The van der Waals surface area contributed by atoms with Gasteiger partial charge in [-0.2, -0.15) is 0 Å². The molecule has 1 atom stereocenters. The average molecular weight is 208 g/mol. The van der Waals surface area contributed by atoms with Crippen LogP contribution >= 0.6 is 0 Å². The average Bonchev–Trinajstić information content (AvgIpc) is 2.74. The molecular formula is C9H12N4O2. The summed E-state index contributed by atoms with van der Waals surface area (Å²) in [6, 6.07) is 3.24. The van der Waals surface area contributed by atoms with Gasteiger partial charge in [0, 0.05) is 13.0 Å². The molecule has 0 aromatic carbocycles. The summed E-state index contributed by atoms with van der Waals surface area (Å²) in [5.41, 5.74) is 8.37. The minimum atomic E-state index is -0.330. The van der Waals surface area contributed by atoms with Gasteiger partial charge in [-0.15, -0.1) is 0 Å². The number of nitrogens with one attached hydrogen (secondary N) is 1. The maximum absolute atomic E-state index is 11.6. The zero-order chi connectivity index (χ0) is 10.7. The van der Waals surface area contributed by atoms with Crippen LogP contribution in [0.2, 0.25) is 0 Å². The van der Waals surface area contributed by atoms with Crippen LogP contribution in [0, 0.1) is 0 Å². The molecule has 80 valence electrons. The molecule has 0 aliphatic carbocycles. The molecule has 0 bridgehead atoms. The Morgan fingerprint density at radius 2 is 2.60 bits per heavy atom. The zero-order valence-electron chi connectivity index (χ0n) is 8.09. The Kier molecular flexibility index (Phi) is 2.68. The van der Waals surface area contributed by atoms with Crippen molar-refractivity contribution in [2.24, 2.45) is 10.7 Å². The molecule has 1 aromatic rings. The van der Waals surface area contributed by atoms with E-state index < -0.39 is 0 Å². The van der Waals surface area contributed by atoms with Crippen LogP contribution in [0.1, 0.15) is 17.0 Å². The van der Waals surface area contributed by atoms with E-state index >= 15 is 0 Å². The van der Waals surface area contributed by atoms with E-state index in [0.29, 0.717) is 6.54 Å². The van der Waals surface area contributed by atoms with Gasteiger partial charge in [-0.05, 0) is 12.1 Å². The van der Waals surface area contributed by atoms with Crippen molar-refractivity contribution in [2.75, 3.05) is 6.54 Å². The molecule has 0 saturated heterocycles. The van der Waals surface area contributed by atoms with E-state index in [2.05, 4.69) is 10.4 Å². The van der Waals surface area contributed by atoms with Gasteiger partial charge in [0.15, 0.2) is 5.76 Å². The maximum Gasteiger partial charge on any atom is 0.305 e. The van der Waals surface area contributed by atoms with Gasteiger partial charge in [0.2, 0.25) is 0 Å². The van der Waals surface area contributed by atoms with Crippen LogP contribution in [0.15, 0.2) is 27.8 Å². The molecule has 1 aliphatic heterocycles. The molecule has 1 aliphatic rings. The summed E-state index contributed by atoms with van der Waals surface area (Å²) >= 11 is 0. The summed E-state index contributed by atoms with van der Waals surface area (Å²) < 4.78 is 4.95. The van der Waals surface area contributed by atoms with Crippen LogP contribution < -0.4 is 11.2 Å². The van der Waals surface area contributed by atoms with E-state index in [1.807, 2.05) is 0 Å². The van der Waals surface area contributed by atoms with E-state index in [9.17, 15) is 4.79 Å². The predicted octanol–water partition coefficient (Wildman–Crippen LogP) is -0.0568. The van der Waals surface area contributed by atoms with Crippen molar-refractivity contribution in [2.45, 2.75) is 12.6 Å². The SMILES string of the molecule is NC1CCN=CN1NC(=O)c1ccco1. The van der Waals surface area contributed by atoms with E-state index in [1.54, 1.807) is 12.1 Å². The molecule has 1 unspecified atom stereocenters. The highest BCUT2D eigenvalue weighted by atomic mass is 16.3. The molecule has 0 saturated carbocycles. The summed E-state index contributed by atoms with van der Waals surface area (Å²) in [5.74, 6) is -0.0787. The number of nitrogens with zero attached hydrogens (tertiary/aromatic N) is 2. The lowest BCUT2D eigenvalue weighted by atomic mass is 10.3. The van der Waals surface area contributed by atoms with Crippen LogP contribution in [0.25, 0.3) is 0 Å². The number of furan rings is 1. The summed E-state index contributed by atoms with van der Waals surface area (Å²) in [6.07, 6.45) is 3.45. The Labute approximate surface area is 86.7 Å². The van der Waals surface area contributed by atoms with E-state index in [1.165, 1.54) is 17.6 Å². The molecule has 2 heterocycles. The first kappa shape index (κ1) is 9.72. The van der Waals surface area contributed by atoms with Crippen LogP contribution in [0.5, 0.6) is 0 Å². The third-order valence-electron chi connectivity index (χ3n) is 2.09. The molecule has 3 N–H and O–H groups in total. The predicted molar refractivity (Wildman–Crippen MR) is 54.0 cm³/mol. The van der Waals surface area contributed by atoms with Crippen LogP contribution in [-0.2, 0) is 0 Å². The monoisotopic (exact) mass is 208 g/mol. The lowest BCUT2D eigenvalue weighted by molar-refractivity contribution is 0.0801. The number of aliphatic imine (C=N–C) groups is 1. The van der Waals surface area contributed by atoms with Crippen molar-refractivity contribution in [3.8, 4) is 0 Å². The number of hydrogen-bond acceptors (Lipinski definition) is 5. The first-order valence-corrected chi connectivity index (χ1v) is 4.66. The molecule has 15 heavy (non-hydrogen) atoms. The van der Waals surface area contributed by atoms with Gasteiger partial charge in [0.25, 0.3) is 0 Å². The van der Waals surface area contributed by atoms with Gasteiger partial charge >= 0.3 is 5.91 Å². The van der Waals surface area contributed by atoms with Crippen LogP contribution in [-0.4, -0.2) is 30.0 Å². The fourth-order valence-corrected chi connectivity index (χ4v) is 1.27. The van der Waals surface area contributed by atoms with Crippen molar-refractivity contribution in [1.82, 2.24) is 10.4 Å². The number of nitrogens with two attached hydrogens (primary N) is 1. The highest BCUT2D eigenvalue weighted by molar-refractivity contribution is 5.91. The second kappa shape index (κ2) is 4.14. The molecule has 6 nitrogen and oxygen atoms in total. The molecule has 1 amide bonds. The van der Waals surface area contributed by atoms with Crippen LogP contribution in [0.3, 0.4) is 0 Å². The molecular weight excluding hydrogens is 196 g/mol. The summed E-state index contributed by atoms with van der Waals surface area (Å²) in [5, 5.41) is 1.48. The molecule has 0 spiro atoms. The number of hydrazine groups is 1. The van der Waals surface area contributed by atoms with E-state index in [-0.39, 0.29) is 17.8 Å². The van der Waals surface area contributed by atoms with E-state index in [0.717, 1.165) is 6.42 Å². The topological polar surface area (TPSA) is 83.9 Å². The minimum absolute atomic E-state index is 0.235. The summed E-state index contributed by atoms with van der Waals surface area (Å²) in [4.78, 5) is 15.6. The number of carbonyl (C=O) groups is 1. The van der Waals surface area contributed by atoms with Crippen molar-refractivity contribution < 1.29 is 9.21 Å². The fourth-order valence-electron chi connectivity index (χ4n) is 1.27. The van der Waals surface area contributed by atoms with Crippen LogP contribution in [0.4, 0.5) is 0 Å². The molecule has 0 radical (unpaired) electrons. The van der Waals surface area contributed by atoms with Gasteiger partial charge < -0.3 is 10.2 Å². The standard InChI is InChI=1S/C9H12N4O2/c10-8-3-4-11-6-13(8)12-9(14)7-2-1-5-15-7/h1-2,5-6,8H,3-4,10H2,(H,12,14). The molecule has 0 fully saturated rings. The highest BCUT2D eigenvalue weighted by Crippen LogP contribution is 2.03. The number of hydrogen-bond donors (Lipinski definition) is 2. The van der Waals surface area contributed by atoms with Gasteiger partial charge in [-0.25, -0.2) is 0 Å². The lowest BCUT2D eigenvalue weighted by Crippen LogP contribution is -2.53. The van der Waals surface area contributed by atoms with Gasteiger partial charge in [0.1, 0.15) is 12.5 Å². The number of amides is 1. The molecule has 6 heteroatoms. The molecule has 2 rings (SSSR count). The quantitative estimate of drug-likeness (QED) is 0.713. The second-order valence-electron chi connectivity index (χ2n) is 3.20. The molecule has 1 aromatic heterocycles. The fraction of sp³-hybridized carbons (Fsp3) is 0.333. The van der Waals surface area contributed by atoms with Crippen molar-refractivity contribution in [1.29, 1.82) is 0 Å². The number of rotatable bonds is 2. The van der Waals surface area contributed by atoms with Crippen molar-refractivity contribution in [3.63, 3.8) is 0 Å². The van der Waals surface area contributed by atoms with Gasteiger partial charge in [-0.1, -0.05) is 0 Å². The Balaban J connectivity index is 1.99. The highest BCUT2D eigenvalue weighted by Gasteiger charge is 2.18. The Morgan fingerprint density at radius 1 is 1.73 bits per heavy atom. The number of carbonyl (C=O) groups excluding carboxylic acids is 1. The lowest BCUT2D eigenvalue weighted by Gasteiger charge is -2.28. The zero-order valence-corrected chi connectivity index (χ0v) is 8.09. The smallest absolute Gasteiger partial charge is 0.305 e. The third-order valence-corrected chi connectivity index (χ3v) is 2.09. The second-order valence-corrected chi connectivity index (χ2v) is 3.20. The Hall–Kier alpha value is -1.82. The van der Waals surface area contributed by atoms with Gasteiger partial charge in [-0.3, -0.25) is 20.2 Å². The first-order chi connectivity index (χ1) is 7.27.